The Bertz CT molecular complexity index is 476. The van der Waals surface area contributed by atoms with Crippen LogP contribution in [0.15, 0.2) is 18.2 Å². The largest absolute Gasteiger partial charge is 0.496 e. The lowest BCUT2D eigenvalue weighted by atomic mass is 10.1. The van der Waals surface area contributed by atoms with Gasteiger partial charge < -0.3 is 14.4 Å². The summed E-state index contributed by atoms with van der Waals surface area (Å²) in [6.45, 7) is 1.88. The molecule has 1 aromatic rings. The van der Waals surface area contributed by atoms with Gasteiger partial charge in [-0.05, 0) is 25.1 Å². The van der Waals surface area contributed by atoms with Crippen LogP contribution in [-0.4, -0.2) is 44.1 Å². The van der Waals surface area contributed by atoms with Crippen LogP contribution in [0, 0.1) is 0 Å². The van der Waals surface area contributed by atoms with Crippen molar-refractivity contribution < 1.29 is 19.1 Å². The molecule has 0 aliphatic carbocycles. The van der Waals surface area contributed by atoms with Crippen LogP contribution in [0.25, 0.3) is 0 Å². The summed E-state index contributed by atoms with van der Waals surface area (Å²) in [7, 11) is 2.97. The Morgan fingerprint density at radius 1 is 1.37 bits per heavy atom. The van der Waals surface area contributed by atoms with Crippen LogP contribution in [0.5, 0.6) is 5.75 Å². The molecule has 104 valence electrons. The van der Waals surface area contributed by atoms with E-state index in [0.717, 1.165) is 0 Å². The van der Waals surface area contributed by atoms with Gasteiger partial charge in [0.05, 0.1) is 19.3 Å². The van der Waals surface area contributed by atoms with Gasteiger partial charge in [-0.2, -0.15) is 0 Å². The van der Waals surface area contributed by atoms with Gasteiger partial charge >= 0.3 is 5.97 Å². The highest BCUT2D eigenvalue weighted by Crippen LogP contribution is 2.24. The van der Waals surface area contributed by atoms with Gasteiger partial charge in [0.25, 0.3) is 5.91 Å². The molecule has 0 aliphatic rings. The smallest absolute Gasteiger partial charge is 0.325 e. The summed E-state index contributed by atoms with van der Waals surface area (Å²) in [4.78, 5) is 24.8. The van der Waals surface area contributed by atoms with E-state index in [1.165, 1.54) is 19.1 Å². The Kier molecular flexibility index (Phi) is 5.63. The first-order valence-electron chi connectivity index (χ1n) is 5.74. The van der Waals surface area contributed by atoms with Crippen molar-refractivity contribution in [3.8, 4) is 5.75 Å². The number of amides is 1. The summed E-state index contributed by atoms with van der Waals surface area (Å²) in [6, 6.07) is 4.70. The predicted octanol–water partition coefficient (Wildman–Crippen LogP) is 1.98. The molecule has 5 nitrogen and oxygen atoms in total. The third-order valence-corrected chi connectivity index (χ3v) is 2.65. The number of rotatable bonds is 5. The molecule has 0 heterocycles. The normalized spacial score (nSPS) is 9.89. The van der Waals surface area contributed by atoms with Crippen LogP contribution in [0.3, 0.4) is 0 Å². The summed E-state index contributed by atoms with van der Waals surface area (Å²) < 4.78 is 9.89. The highest BCUT2D eigenvalue weighted by atomic mass is 35.5. The van der Waals surface area contributed by atoms with Crippen molar-refractivity contribution in [1.29, 1.82) is 0 Å². The van der Waals surface area contributed by atoms with E-state index < -0.39 is 5.97 Å². The van der Waals surface area contributed by atoms with E-state index in [0.29, 0.717) is 16.3 Å². The van der Waals surface area contributed by atoms with Gasteiger partial charge in [0.15, 0.2) is 0 Å². The monoisotopic (exact) mass is 285 g/mol. The molecule has 0 N–H and O–H groups in total. The highest BCUT2D eigenvalue weighted by Gasteiger charge is 2.19. The predicted molar refractivity (Wildman–Crippen MR) is 71.6 cm³/mol. The zero-order chi connectivity index (χ0) is 14.4. The SMILES string of the molecule is CCOC(=O)CN(C)C(=O)c1ccc(Cl)cc1OC. The number of carbonyl (C=O) groups is 2. The molecule has 1 amide bonds. The Hall–Kier alpha value is -1.75. The molecular weight excluding hydrogens is 270 g/mol. The van der Waals surface area contributed by atoms with E-state index in [-0.39, 0.29) is 19.1 Å². The van der Waals surface area contributed by atoms with Gasteiger partial charge in [-0.15, -0.1) is 0 Å². The lowest BCUT2D eigenvalue weighted by Gasteiger charge is -2.17. The van der Waals surface area contributed by atoms with Crippen LogP contribution in [0.4, 0.5) is 0 Å². The van der Waals surface area contributed by atoms with E-state index in [1.54, 1.807) is 25.1 Å². The van der Waals surface area contributed by atoms with Gasteiger partial charge in [-0.25, -0.2) is 0 Å². The Morgan fingerprint density at radius 3 is 2.63 bits per heavy atom. The lowest BCUT2D eigenvalue weighted by Crippen LogP contribution is -2.33. The van der Waals surface area contributed by atoms with Crippen molar-refractivity contribution in [3.63, 3.8) is 0 Å². The van der Waals surface area contributed by atoms with Crippen molar-refractivity contribution in [3.05, 3.63) is 28.8 Å². The summed E-state index contributed by atoms with van der Waals surface area (Å²) in [5.41, 5.74) is 0.346. The molecule has 0 aromatic heterocycles. The number of carbonyl (C=O) groups excluding carboxylic acids is 2. The molecule has 0 fully saturated rings. The van der Waals surface area contributed by atoms with Crippen molar-refractivity contribution in [2.24, 2.45) is 0 Å². The third kappa shape index (κ3) is 4.13. The molecule has 6 heteroatoms. The summed E-state index contributed by atoms with van der Waals surface area (Å²) in [6.07, 6.45) is 0. The number of benzene rings is 1. The van der Waals surface area contributed by atoms with Gasteiger partial charge in [0.2, 0.25) is 0 Å². The third-order valence-electron chi connectivity index (χ3n) is 2.41. The number of likely N-dealkylation sites (N-methyl/N-ethyl adjacent to an activating group) is 1. The highest BCUT2D eigenvalue weighted by molar-refractivity contribution is 6.30. The second-order valence-electron chi connectivity index (χ2n) is 3.81. The first kappa shape index (κ1) is 15.3. The minimum absolute atomic E-state index is 0.113. The van der Waals surface area contributed by atoms with E-state index in [9.17, 15) is 9.59 Å². The van der Waals surface area contributed by atoms with Crippen LogP contribution < -0.4 is 4.74 Å². The number of ether oxygens (including phenoxy) is 2. The van der Waals surface area contributed by atoms with Crippen molar-refractivity contribution in [2.75, 3.05) is 27.3 Å². The fourth-order valence-corrected chi connectivity index (χ4v) is 1.68. The molecule has 19 heavy (non-hydrogen) atoms. The van der Waals surface area contributed by atoms with E-state index in [1.807, 2.05) is 0 Å². The molecule has 1 aromatic carbocycles. The first-order valence-corrected chi connectivity index (χ1v) is 6.12. The van der Waals surface area contributed by atoms with Crippen LogP contribution in [-0.2, 0) is 9.53 Å². The molecule has 0 spiro atoms. The second kappa shape index (κ2) is 6.99. The second-order valence-corrected chi connectivity index (χ2v) is 4.25. The van der Waals surface area contributed by atoms with Crippen LogP contribution >= 0.6 is 11.6 Å². The van der Waals surface area contributed by atoms with Gasteiger partial charge in [-0.1, -0.05) is 11.6 Å². The van der Waals surface area contributed by atoms with E-state index in [2.05, 4.69) is 0 Å². The Balaban J connectivity index is 2.85. The standard InChI is InChI=1S/C13H16ClNO4/c1-4-19-12(16)8-15(2)13(17)10-6-5-9(14)7-11(10)18-3/h5-7H,4,8H2,1-3H3. The van der Waals surface area contributed by atoms with Crippen molar-refractivity contribution in [1.82, 2.24) is 4.90 Å². The minimum atomic E-state index is -0.453. The first-order chi connectivity index (χ1) is 8.99. The van der Waals surface area contributed by atoms with E-state index in [4.69, 9.17) is 21.1 Å². The van der Waals surface area contributed by atoms with Gasteiger partial charge in [-0.3, -0.25) is 9.59 Å². The quantitative estimate of drug-likeness (QED) is 0.776. The molecule has 0 unspecified atom stereocenters. The average molecular weight is 286 g/mol. The maximum Gasteiger partial charge on any atom is 0.325 e. The molecule has 0 aliphatic heterocycles. The number of methoxy groups -OCH3 is 1. The summed E-state index contributed by atoms with van der Waals surface area (Å²) >= 11 is 5.83. The fourth-order valence-electron chi connectivity index (χ4n) is 1.52. The van der Waals surface area contributed by atoms with Gasteiger partial charge in [0, 0.05) is 12.1 Å². The van der Waals surface area contributed by atoms with E-state index >= 15 is 0 Å². The zero-order valence-electron chi connectivity index (χ0n) is 11.1. The molecule has 0 saturated carbocycles. The topological polar surface area (TPSA) is 55.8 Å². The van der Waals surface area contributed by atoms with Gasteiger partial charge in [0.1, 0.15) is 12.3 Å². The zero-order valence-corrected chi connectivity index (χ0v) is 11.9. The maximum atomic E-state index is 12.2. The van der Waals surface area contributed by atoms with Crippen molar-refractivity contribution in [2.45, 2.75) is 6.92 Å². The van der Waals surface area contributed by atoms with Crippen molar-refractivity contribution >= 4 is 23.5 Å². The van der Waals surface area contributed by atoms with Crippen LogP contribution in [0.2, 0.25) is 5.02 Å². The molecule has 1 rings (SSSR count). The summed E-state index contributed by atoms with van der Waals surface area (Å²) in [5.74, 6) is -0.416. The number of halogens is 1. The average Bonchev–Trinajstić information content (AvgIpc) is 2.37. The minimum Gasteiger partial charge on any atom is -0.496 e. The van der Waals surface area contributed by atoms with Crippen LogP contribution in [0.1, 0.15) is 17.3 Å². The molecular formula is C13H16ClNO4. The fraction of sp³-hybridized carbons (Fsp3) is 0.385. The number of hydrogen-bond donors (Lipinski definition) is 0. The molecule has 0 bridgehead atoms. The lowest BCUT2D eigenvalue weighted by molar-refractivity contribution is -0.143. The molecule has 0 radical (unpaired) electrons. The molecule has 0 saturated heterocycles. The Labute approximate surface area is 117 Å². The molecule has 0 atom stereocenters. The Morgan fingerprint density at radius 2 is 2.05 bits per heavy atom. The summed E-state index contributed by atoms with van der Waals surface area (Å²) in [5, 5.41) is 0.474. The number of nitrogens with zero attached hydrogens (tertiary/aromatic N) is 1. The number of hydrogen-bond acceptors (Lipinski definition) is 4. The maximum absolute atomic E-state index is 12.2. The number of esters is 1.